The van der Waals surface area contributed by atoms with E-state index in [9.17, 15) is 9.59 Å². The molecule has 37 heavy (non-hydrogen) atoms. The Morgan fingerprint density at radius 2 is 1.08 bits per heavy atom. The molecule has 0 aromatic carbocycles. The Labute approximate surface area is 233 Å². The van der Waals surface area contributed by atoms with Gasteiger partial charge in [0.25, 0.3) is 0 Å². The molecule has 0 radical (unpaired) electrons. The molecule has 2 saturated heterocycles. The third-order valence-corrected chi connectivity index (χ3v) is 7.86. The van der Waals surface area contributed by atoms with Crippen LogP contribution in [0.3, 0.4) is 0 Å². The first-order valence-corrected chi connectivity index (χ1v) is 16.0. The smallest absolute Gasteiger partial charge is 0.229 e. The summed E-state index contributed by atoms with van der Waals surface area (Å²) in [4.78, 5) is 30.1. The second-order valence-corrected chi connectivity index (χ2v) is 11.7. The van der Waals surface area contributed by atoms with Crippen molar-refractivity contribution in [1.82, 2.24) is 9.80 Å². The lowest BCUT2D eigenvalue weighted by Crippen LogP contribution is -2.43. The first kappa shape index (κ1) is 31.7. The van der Waals surface area contributed by atoms with Crippen LogP contribution in [0, 0.1) is 11.8 Å². The van der Waals surface area contributed by atoms with E-state index in [0.29, 0.717) is 59.0 Å². The highest BCUT2D eigenvalue weighted by molar-refractivity contribution is 7.98. The van der Waals surface area contributed by atoms with Crippen molar-refractivity contribution in [2.45, 2.75) is 34.1 Å². The summed E-state index contributed by atoms with van der Waals surface area (Å²) in [7, 11) is 0. The summed E-state index contributed by atoms with van der Waals surface area (Å²) in [6, 6.07) is 0. The van der Waals surface area contributed by atoms with Crippen molar-refractivity contribution in [1.29, 1.82) is 0 Å². The van der Waals surface area contributed by atoms with Gasteiger partial charge in [0, 0.05) is 37.7 Å². The number of carbonyl (C=O) groups excluding carboxylic acids is 2. The highest BCUT2D eigenvalue weighted by atomic mass is 32.2. The van der Waals surface area contributed by atoms with E-state index >= 15 is 0 Å². The zero-order valence-electron chi connectivity index (χ0n) is 23.6. The topological polar surface area (TPSA) is 59.1 Å². The quantitative estimate of drug-likeness (QED) is 0.324. The predicted molar refractivity (Wildman–Crippen MR) is 158 cm³/mol. The standard InChI is InChI=1S/C29H46N2O4S2/c1-22(20-36-5)15-26(17-24(3)28(32)30-7-11-34-12-8-30)19-27(16-23(2)21-37-6)18-25(4)29(33)31-9-13-35-14-10-31/h15-18,24-25H,7-14,19-21H2,1-6H3/b22-15+,23-16+,26-17+,27-18+. The molecule has 2 heterocycles. The van der Waals surface area contributed by atoms with Gasteiger partial charge in [0.15, 0.2) is 0 Å². The monoisotopic (exact) mass is 550 g/mol. The van der Waals surface area contributed by atoms with Crippen LogP contribution < -0.4 is 0 Å². The number of ether oxygens (including phenoxy) is 2. The summed E-state index contributed by atoms with van der Waals surface area (Å²) < 4.78 is 10.8. The van der Waals surface area contributed by atoms with Crippen LogP contribution >= 0.6 is 23.5 Å². The van der Waals surface area contributed by atoms with Crippen LogP contribution in [-0.2, 0) is 19.1 Å². The molecule has 2 atom stereocenters. The summed E-state index contributed by atoms with van der Waals surface area (Å²) in [6.07, 6.45) is 13.6. The van der Waals surface area contributed by atoms with Gasteiger partial charge in [-0.2, -0.15) is 23.5 Å². The fourth-order valence-electron chi connectivity index (χ4n) is 4.65. The molecule has 2 aliphatic rings. The second-order valence-electron chi connectivity index (χ2n) is 9.96. The van der Waals surface area contributed by atoms with E-state index in [1.807, 2.05) is 23.6 Å². The normalized spacial score (nSPS) is 20.2. The third-order valence-electron chi connectivity index (χ3n) is 6.37. The lowest BCUT2D eigenvalue weighted by Gasteiger charge is -2.29. The van der Waals surface area contributed by atoms with Gasteiger partial charge in [-0.05, 0) is 43.9 Å². The summed E-state index contributed by atoms with van der Waals surface area (Å²) in [6.45, 7) is 13.2. The van der Waals surface area contributed by atoms with Crippen LogP contribution in [-0.4, -0.2) is 98.2 Å². The number of nitrogens with zero attached hydrogens (tertiary/aromatic N) is 2. The molecular formula is C29H46N2O4S2. The Bertz CT molecular complexity index is 799. The Balaban J connectivity index is 2.35. The number of allylic oxidation sites excluding steroid dienone is 4. The van der Waals surface area contributed by atoms with E-state index in [0.717, 1.165) is 22.7 Å². The molecule has 2 fully saturated rings. The van der Waals surface area contributed by atoms with E-state index in [-0.39, 0.29) is 23.7 Å². The van der Waals surface area contributed by atoms with E-state index in [1.165, 1.54) is 11.1 Å². The molecule has 0 bridgehead atoms. The van der Waals surface area contributed by atoms with Gasteiger partial charge in [0.1, 0.15) is 0 Å². The van der Waals surface area contributed by atoms with Crippen molar-refractivity contribution < 1.29 is 19.1 Å². The zero-order chi connectivity index (χ0) is 27.2. The number of rotatable bonds is 12. The average Bonchev–Trinajstić information content (AvgIpc) is 2.88. The van der Waals surface area contributed by atoms with Crippen molar-refractivity contribution in [3.8, 4) is 0 Å². The van der Waals surface area contributed by atoms with Crippen molar-refractivity contribution in [2.75, 3.05) is 76.6 Å². The molecule has 2 amide bonds. The maximum absolute atomic E-state index is 13.1. The Kier molecular flexibility index (Phi) is 14.7. The van der Waals surface area contributed by atoms with Crippen LogP contribution in [0.5, 0.6) is 0 Å². The first-order chi connectivity index (χ1) is 17.7. The summed E-state index contributed by atoms with van der Waals surface area (Å²) in [5, 5.41) is 0. The van der Waals surface area contributed by atoms with Crippen LogP contribution in [0.25, 0.3) is 0 Å². The molecule has 0 aromatic rings. The molecule has 2 rings (SSSR count). The largest absolute Gasteiger partial charge is 0.378 e. The minimum absolute atomic E-state index is 0.146. The number of morpholine rings is 2. The molecule has 2 unspecified atom stereocenters. The van der Waals surface area contributed by atoms with E-state index < -0.39 is 0 Å². The summed E-state index contributed by atoms with van der Waals surface area (Å²) >= 11 is 3.58. The first-order valence-electron chi connectivity index (χ1n) is 13.2. The van der Waals surface area contributed by atoms with Crippen LogP contribution in [0.15, 0.2) is 46.6 Å². The van der Waals surface area contributed by atoms with Crippen LogP contribution in [0.4, 0.5) is 0 Å². The van der Waals surface area contributed by atoms with Crippen LogP contribution in [0.2, 0.25) is 0 Å². The SMILES string of the molecule is CSC/C(C)=C/C(=C\C(C)C(=O)N1CCOCC1)CC(=C/C(C)C(=O)N1CCOCC1)/C=C(\C)CSC. The van der Waals surface area contributed by atoms with Crippen molar-refractivity contribution in [3.05, 3.63) is 46.6 Å². The van der Waals surface area contributed by atoms with Gasteiger partial charge in [-0.15, -0.1) is 0 Å². The molecule has 2 aliphatic heterocycles. The maximum Gasteiger partial charge on any atom is 0.229 e. The van der Waals surface area contributed by atoms with Gasteiger partial charge in [0.05, 0.1) is 38.3 Å². The lowest BCUT2D eigenvalue weighted by molar-refractivity contribution is -0.138. The van der Waals surface area contributed by atoms with Crippen LogP contribution in [0.1, 0.15) is 34.1 Å². The summed E-state index contributed by atoms with van der Waals surface area (Å²) in [5.74, 6) is 1.72. The average molecular weight is 551 g/mol. The van der Waals surface area contributed by atoms with Gasteiger partial charge >= 0.3 is 0 Å². The van der Waals surface area contributed by atoms with E-state index in [2.05, 4.69) is 50.7 Å². The lowest BCUT2D eigenvalue weighted by atomic mass is 9.94. The fourth-order valence-corrected chi connectivity index (χ4v) is 5.73. The Hall–Kier alpha value is -1.48. The minimum atomic E-state index is -0.226. The third kappa shape index (κ3) is 11.4. The molecular weight excluding hydrogens is 504 g/mol. The molecule has 0 spiro atoms. The number of carbonyl (C=O) groups is 2. The Morgan fingerprint density at radius 3 is 1.41 bits per heavy atom. The van der Waals surface area contributed by atoms with E-state index in [4.69, 9.17) is 9.47 Å². The molecule has 0 aliphatic carbocycles. The van der Waals surface area contributed by atoms with Gasteiger partial charge < -0.3 is 19.3 Å². The Morgan fingerprint density at radius 1 is 0.730 bits per heavy atom. The van der Waals surface area contributed by atoms with Crippen molar-refractivity contribution >= 4 is 35.3 Å². The van der Waals surface area contributed by atoms with Gasteiger partial charge in [-0.1, -0.05) is 49.3 Å². The highest BCUT2D eigenvalue weighted by Gasteiger charge is 2.23. The van der Waals surface area contributed by atoms with Crippen molar-refractivity contribution in [2.24, 2.45) is 11.8 Å². The molecule has 8 heteroatoms. The maximum atomic E-state index is 13.1. The van der Waals surface area contributed by atoms with Crippen molar-refractivity contribution in [3.63, 3.8) is 0 Å². The number of thioether (sulfide) groups is 2. The number of hydrogen-bond donors (Lipinski definition) is 0. The highest BCUT2D eigenvalue weighted by Crippen LogP contribution is 2.24. The molecule has 0 aromatic heterocycles. The zero-order valence-corrected chi connectivity index (χ0v) is 25.2. The number of hydrogen-bond acceptors (Lipinski definition) is 6. The minimum Gasteiger partial charge on any atom is -0.378 e. The second kappa shape index (κ2) is 17.2. The molecule has 208 valence electrons. The van der Waals surface area contributed by atoms with E-state index in [1.54, 1.807) is 23.5 Å². The van der Waals surface area contributed by atoms with Gasteiger partial charge in [-0.3, -0.25) is 9.59 Å². The molecule has 0 saturated carbocycles. The molecule has 0 N–H and O–H groups in total. The predicted octanol–water partition coefficient (Wildman–Crippen LogP) is 4.84. The number of amides is 2. The fraction of sp³-hybridized carbons (Fsp3) is 0.655. The summed E-state index contributed by atoms with van der Waals surface area (Å²) in [5.41, 5.74) is 4.77. The van der Waals surface area contributed by atoms with Gasteiger partial charge in [-0.25, -0.2) is 0 Å². The van der Waals surface area contributed by atoms with Gasteiger partial charge in [0.2, 0.25) is 11.8 Å². The molecule has 6 nitrogen and oxygen atoms in total.